The summed E-state index contributed by atoms with van der Waals surface area (Å²) in [5.74, 6) is -0.438. The van der Waals surface area contributed by atoms with Crippen molar-refractivity contribution in [1.82, 2.24) is 4.90 Å². The molecule has 2 aromatic carbocycles. The molecule has 190 valence electrons. The number of aliphatic carboxylic acids is 1. The molecule has 1 aliphatic rings. The average molecular weight is 504 g/mol. The first-order valence-corrected chi connectivity index (χ1v) is 13.3. The maximum Gasteiger partial charge on any atom is 0.410 e. The van der Waals surface area contributed by atoms with Gasteiger partial charge in [-0.15, -0.1) is 0 Å². The van der Waals surface area contributed by atoms with E-state index < -0.39 is 38.7 Å². The van der Waals surface area contributed by atoms with E-state index in [0.717, 1.165) is 6.42 Å². The highest BCUT2D eigenvalue weighted by Gasteiger charge is 2.49. The number of carbonyl (C=O) groups excluding carboxylic acids is 1. The van der Waals surface area contributed by atoms with E-state index in [4.69, 9.17) is 9.47 Å². The minimum absolute atomic E-state index is 0.0560. The molecule has 35 heavy (non-hydrogen) atoms. The number of nitrogens with zero attached hydrogens (tertiary/aromatic N) is 1. The summed E-state index contributed by atoms with van der Waals surface area (Å²) in [6, 6.07) is 14.1. The molecule has 1 unspecified atom stereocenters. The van der Waals surface area contributed by atoms with Gasteiger partial charge in [0.25, 0.3) is 0 Å². The summed E-state index contributed by atoms with van der Waals surface area (Å²) < 4.78 is 36.6. The maximum atomic E-state index is 13.5. The Hall–Kier alpha value is -3.07. The molecule has 8 nitrogen and oxygen atoms in total. The second-order valence-corrected chi connectivity index (χ2v) is 12.1. The van der Waals surface area contributed by atoms with Gasteiger partial charge in [0.1, 0.15) is 21.8 Å². The van der Waals surface area contributed by atoms with Crippen LogP contribution in [-0.4, -0.2) is 54.9 Å². The van der Waals surface area contributed by atoms with E-state index in [1.807, 2.05) is 24.3 Å². The minimum Gasteiger partial charge on any atom is -0.481 e. The zero-order valence-corrected chi connectivity index (χ0v) is 21.4. The van der Waals surface area contributed by atoms with Crippen molar-refractivity contribution in [3.05, 3.63) is 59.7 Å². The van der Waals surface area contributed by atoms with Crippen LogP contribution in [0.25, 0.3) is 0 Å². The summed E-state index contributed by atoms with van der Waals surface area (Å²) in [6.07, 6.45) is -0.354. The van der Waals surface area contributed by atoms with E-state index >= 15 is 0 Å². The molecule has 1 saturated heterocycles. The second-order valence-electron chi connectivity index (χ2n) is 9.73. The number of amides is 1. The van der Waals surface area contributed by atoms with Crippen molar-refractivity contribution in [3.8, 4) is 11.5 Å². The quantitative estimate of drug-likeness (QED) is 0.605. The number of benzene rings is 2. The zero-order valence-electron chi connectivity index (χ0n) is 20.6. The Morgan fingerprint density at radius 2 is 1.57 bits per heavy atom. The van der Waals surface area contributed by atoms with Crippen LogP contribution in [0.4, 0.5) is 4.79 Å². The lowest BCUT2D eigenvalue weighted by Crippen LogP contribution is -2.40. The van der Waals surface area contributed by atoms with Gasteiger partial charge >= 0.3 is 12.1 Å². The lowest BCUT2D eigenvalue weighted by atomic mass is 9.91. The van der Waals surface area contributed by atoms with Gasteiger partial charge in [-0.1, -0.05) is 31.2 Å². The second kappa shape index (κ2) is 10.3. The molecule has 1 atom stereocenters. The highest BCUT2D eigenvalue weighted by molar-refractivity contribution is 7.92. The third-order valence-corrected chi connectivity index (χ3v) is 8.54. The van der Waals surface area contributed by atoms with Crippen LogP contribution >= 0.6 is 0 Å². The number of carbonyl (C=O) groups is 2. The van der Waals surface area contributed by atoms with Gasteiger partial charge in [-0.2, -0.15) is 0 Å². The molecule has 1 heterocycles. The average Bonchev–Trinajstić information content (AvgIpc) is 2.90. The standard InChI is InChI=1S/C26H33NO7S/c1-5-19-6-10-21(11-7-19)33-22-12-8-20(9-13-22)26(18-23(28)29)14-15-27(16-17-35(26,31)32)24(30)34-25(2,3)4/h6-13H,5,14-18H2,1-4H3,(H,28,29). The van der Waals surface area contributed by atoms with Crippen LogP contribution in [0.15, 0.2) is 48.5 Å². The Bertz CT molecular complexity index is 1150. The molecule has 0 saturated carbocycles. The predicted molar refractivity (Wildman–Crippen MR) is 132 cm³/mol. The normalized spacial score (nSPS) is 20.1. The number of hydrogen-bond acceptors (Lipinski definition) is 6. The van der Waals surface area contributed by atoms with Crippen molar-refractivity contribution in [2.45, 2.75) is 57.3 Å². The number of hydrogen-bond donors (Lipinski definition) is 1. The Morgan fingerprint density at radius 1 is 1.00 bits per heavy atom. The lowest BCUT2D eigenvalue weighted by Gasteiger charge is -2.31. The third kappa shape index (κ3) is 6.33. The maximum absolute atomic E-state index is 13.5. The van der Waals surface area contributed by atoms with Crippen LogP contribution in [0, 0.1) is 0 Å². The molecule has 0 radical (unpaired) electrons. The number of rotatable bonds is 6. The summed E-state index contributed by atoms with van der Waals surface area (Å²) in [7, 11) is -3.93. The number of carboxylic acids is 1. The van der Waals surface area contributed by atoms with E-state index in [2.05, 4.69) is 6.92 Å². The largest absolute Gasteiger partial charge is 0.481 e. The summed E-state index contributed by atoms with van der Waals surface area (Å²) in [6.45, 7) is 7.26. The first kappa shape index (κ1) is 26.5. The molecule has 1 amide bonds. The molecule has 1 N–H and O–H groups in total. The van der Waals surface area contributed by atoms with Crippen molar-refractivity contribution >= 4 is 21.9 Å². The topological polar surface area (TPSA) is 110 Å². The van der Waals surface area contributed by atoms with E-state index in [-0.39, 0.29) is 25.3 Å². The van der Waals surface area contributed by atoms with Gasteiger partial charge in [0.05, 0.1) is 12.2 Å². The van der Waals surface area contributed by atoms with Crippen LogP contribution in [0.5, 0.6) is 11.5 Å². The van der Waals surface area contributed by atoms with E-state index in [9.17, 15) is 23.1 Å². The van der Waals surface area contributed by atoms with Gasteiger partial charge in [0.15, 0.2) is 9.84 Å². The summed E-state index contributed by atoms with van der Waals surface area (Å²) in [5, 5.41) is 9.64. The molecule has 9 heteroatoms. The van der Waals surface area contributed by atoms with Crippen molar-refractivity contribution in [3.63, 3.8) is 0 Å². The van der Waals surface area contributed by atoms with Gasteiger partial charge in [-0.3, -0.25) is 4.79 Å². The minimum atomic E-state index is -3.93. The van der Waals surface area contributed by atoms with Gasteiger partial charge in [0, 0.05) is 13.1 Å². The molecule has 0 bridgehead atoms. The molecular weight excluding hydrogens is 470 g/mol. The Balaban J connectivity index is 1.89. The van der Waals surface area contributed by atoms with Crippen LogP contribution in [-0.2, 0) is 30.5 Å². The molecule has 0 aliphatic carbocycles. The van der Waals surface area contributed by atoms with Crippen LogP contribution in [0.1, 0.15) is 51.7 Å². The molecule has 3 rings (SSSR count). The molecule has 0 spiro atoms. The molecule has 0 aromatic heterocycles. The van der Waals surface area contributed by atoms with Crippen LogP contribution < -0.4 is 4.74 Å². The van der Waals surface area contributed by atoms with Gasteiger partial charge in [-0.05, 0) is 69.0 Å². The van der Waals surface area contributed by atoms with Crippen molar-refractivity contribution in [1.29, 1.82) is 0 Å². The van der Waals surface area contributed by atoms with Crippen LogP contribution in [0.3, 0.4) is 0 Å². The highest BCUT2D eigenvalue weighted by Crippen LogP contribution is 2.41. The Kier molecular flexibility index (Phi) is 7.79. The first-order chi connectivity index (χ1) is 16.3. The fourth-order valence-electron chi connectivity index (χ4n) is 4.14. The molecule has 1 fully saturated rings. The smallest absolute Gasteiger partial charge is 0.410 e. The summed E-state index contributed by atoms with van der Waals surface area (Å²) >= 11 is 0. The number of carboxylic acid groups (broad SMARTS) is 1. The van der Waals surface area contributed by atoms with E-state index in [1.54, 1.807) is 45.0 Å². The zero-order chi connectivity index (χ0) is 25.9. The summed E-state index contributed by atoms with van der Waals surface area (Å²) in [5.41, 5.74) is 0.814. The number of sulfone groups is 1. The number of ether oxygens (including phenoxy) is 2. The van der Waals surface area contributed by atoms with Crippen molar-refractivity contribution < 1.29 is 32.6 Å². The van der Waals surface area contributed by atoms with Gasteiger partial charge in [-0.25, -0.2) is 13.2 Å². The van der Waals surface area contributed by atoms with Gasteiger partial charge in [0.2, 0.25) is 0 Å². The Morgan fingerprint density at radius 3 is 2.09 bits per heavy atom. The molecule has 2 aromatic rings. The van der Waals surface area contributed by atoms with Crippen molar-refractivity contribution in [2.24, 2.45) is 0 Å². The SMILES string of the molecule is CCc1ccc(Oc2ccc(C3(CC(=O)O)CCN(C(=O)OC(C)(C)C)CCS3(=O)=O)cc2)cc1. The predicted octanol–water partition coefficient (Wildman–Crippen LogP) is 4.77. The third-order valence-electron chi connectivity index (χ3n) is 6.05. The Labute approximate surface area is 206 Å². The van der Waals surface area contributed by atoms with Gasteiger partial charge < -0.3 is 19.5 Å². The highest BCUT2D eigenvalue weighted by atomic mass is 32.2. The monoisotopic (exact) mass is 503 g/mol. The van der Waals surface area contributed by atoms with E-state index in [1.165, 1.54) is 10.5 Å². The molecular formula is C26H33NO7S. The lowest BCUT2D eigenvalue weighted by molar-refractivity contribution is -0.137. The summed E-state index contributed by atoms with van der Waals surface area (Å²) in [4.78, 5) is 25.7. The van der Waals surface area contributed by atoms with E-state index in [0.29, 0.717) is 17.1 Å². The fraction of sp³-hybridized carbons (Fsp3) is 0.462. The number of aryl methyl sites for hydroxylation is 1. The van der Waals surface area contributed by atoms with Crippen LogP contribution in [0.2, 0.25) is 0 Å². The van der Waals surface area contributed by atoms with Crippen molar-refractivity contribution in [2.75, 3.05) is 18.8 Å². The molecule has 1 aliphatic heterocycles. The first-order valence-electron chi connectivity index (χ1n) is 11.6. The fourth-order valence-corrected chi connectivity index (χ4v) is 6.23.